The number of rotatable bonds is 8. The number of methoxy groups -OCH3 is 1. The van der Waals surface area contributed by atoms with Crippen molar-refractivity contribution in [3.63, 3.8) is 0 Å². The molecule has 0 radical (unpaired) electrons. The third kappa shape index (κ3) is 5.61. The summed E-state index contributed by atoms with van der Waals surface area (Å²) in [5, 5.41) is 14.7. The number of thiazole rings is 1. The van der Waals surface area contributed by atoms with Gasteiger partial charge in [0, 0.05) is 16.9 Å². The predicted octanol–water partition coefficient (Wildman–Crippen LogP) is 2.39. The van der Waals surface area contributed by atoms with E-state index in [1.807, 2.05) is 24.3 Å². The number of nitrogens with zero attached hydrogens (tertiary/aromatic N) is 3. The molecule has 3 aromatic rings. The highest BCUT2D eigenvalue weighted by Crippen LogP contribution is 2.19. The van der Waals surface area contributed by atoms with Gasteiger partial charge >= 0.3 is 0 Å². The highest BCUT2D eigenvalue weighted by molar-refractivity contribution is 7.13. The van der Waals surface area contributed by atoms with Crippen LogP contribution in [0.3, 0.4) is 0 Å². The topological polar surface area (TPSA) is 122 Å². The fourth-order valence-corrected chi connectivity index (χ4v) is 3.06. The van der Waals surface area contributed by atoms with E-state index in [0.29, 0.717) is 22.5 Å². The van der Waals surface area contributed by atoms with Crippen molar-refractivity contribution in [3.8, 4) is 17.1 Å². The largest absolute Gasteiger partial charge is 0.497 e. The van der Waals surface area contributed by atoms with E-state index in [-0.39, 0.29) is 30.7 Å². The van der Waals surface area contributed by atoms with E-state index in [1.54, 1.807) is 26.3 Å². The Bertz CT molecular complexity index is 980. The summed E-state index contributed by atoms with van der Waals surface area (Å²) in [6, 6.07) is 7.39. The zero-order valence-corrected chi connectivity index (χ0v) is 17.2. The van der Waals surface area contributed by atoms with E-state index in [0.717, 1.165) is 11.3 Å². The first-order chi connectivity index (χ1) is 13.9. The second kappa shape index (κ2) is 9.28. The Morgan fingerprint density at radius 3 is 2.66 bits per heavy atom. The van der Waals surface area contributed by atoms with Crippen LogP contribution in [0.2, 0.25) is 0 Å². The Labute approximate surface area is 171 Å². The molecule has 0 unspecified atom stereocenters. The molecule has 10 heteroatoms. The Morgan fingerprint density at radius 2 is 1.97 bits per heavy atom. The maximum atomic E-state index is 12.2. The van der Waals surface area contributed by atoms with E-state index in [9.17, 15) is 9.59 Å². The number of anilines is 1. The number of hydrogen-bond donors (Lipinski definition) is 3. The molecule has 0 aliphatic heterocycles. The molecule has 2 amide bonds. The average molecular weight is 414 g/mol. The summed E-state index contributed by atoms with van der Waals surface area (Å²) in [6.45, 7) is 3.84. The van der Waals surface area contributed by atoms with Gasteiger partial charge in [0.25, 0.3) is 0 Å². The maximum absolute atomic E-state index is 12.2. The van der Waals surface area contributed by atoms with Crippen molar-refractivity contribution in [2.45, 2.75) is 26.8 Å². The van der Waals surface area contributed by atoms with Crippen LogP contribution < -0.4 is 15.4 Å². The second-order valence-electron chi connectivity index (χ2n) is 6.58. The van der Waals surface area contributed by atoms with Gasteiger partial charge in [0.2, 0.25) is 11.8 Å². The molecule has 9 nitrogen and oxygen atoms in total. The molecule has 0 aliphatic carbocycles. The number of nitrogens with one attached hydrogen (secondary N) is 3. The monoisotopic (exact) mass is 414 g/mol. The lowest BCUT2D eigenvalue weighted by Gasteiger charge is -2.03. The van der Waals surface area contributed by atoms with Crippen LogP contribution >= 0.6 is 11.3 Å². The fraction of sp³-hybridized carbons (Fsp3) is 0.316. The lowest BCUT2D eigenvalue weighted by Crippen LogP contribution is -2.25. The minimum atomic E-state index is -0.195. The molecule has 2 aromatic heterocycles. The summed E-state index contributed by atoms with van der Waals surface area (Å²) in [5.41, 5.74) is 1.45. The standard InChI is InChI=1S/C19H22N6O3S/c1-11(2)18(27)23-19-21-13(10-29-19)8-16(26)20-9-15-22-17(25-24-15)12-4-6-14(28-3)7-5-12/h4-7,10-11H,8-9H2,1-3H3,(H,20,26)(H,21,23,27)(H,22,24,25). The summed E-state index contributed by atoms with van der Waals surface area (Å²) < 4.78 is 5.13. The number of H-pyrrole nitrogens is 1. The highest BCUT2D eigenvalue weighted by atomic mass is 32.1. The van der Waals surface area contributed by atoms with Crippen LogP contribution in [-0.4, -0.2) is 39.1 Å². The molecule has 0 bridgehead atoms. The molecule has 0 fully saturated rings. The van der Waals surface area contributed by atoms with Gasteiger partial charge in [-0.15, -0.1) is 11.3 Å². The van der Waals surface area contributed by atoms with Gasteiger partial charge < -0.3 is 15.4 Å². The maximum Gasteiger partial charge on any atom is 0.228 e. The van der Waals surface area contributed by atoms with Crippen LogP contribution in [0.4, 0.5) is 5.13 Å². The van der Waals surface area contributed by atoms with Gasteiger partial charge in [0.1, 0.15) is 11.6 Å². The van der Waals surface area contributed by atoms with Gasteiger partial charge in [-0.1, -0.05) is 13.8 Å². The van der Waals surface area contributed by atoms with Gasteiger partial charge in [-0.3, -0.25) is 14.7 Å². The molecule has 29 heavy (non-hydrogen) atoms. The van der Waals surface area contributed by atoms with E-state index >= 15 is 0 Å². The summed E-state index contributed by atoms with van der Waals surface area (Å²) >= 11 is 1.29. The molecule has 152 valence electrons. The minimum Gasteiger partial charge on any atom is -0.497 e. The predicted molar refractivity (Wildman–Crippen MR) is 110 cm³/mol. The molecular formula is C19H22N6O3S. The molecule has 3 N–H and O–H groups in total. The molecule has 2 heterocycles. The first kappa shape index (κ1) is 20.5. The molecule has 0 atom stereocenters. The average Bonchev–Trinajstić information content (AvgIpc) is 3.36. The molecular weight excluding hydrogens is 392 g/mol. The van der Waals surface area contributed by atoms with Crippen molar-refractivity contribution in [2.24, 2.45) is 5.92 Å². The number of carbonyl (C=O) groups is 2. The van der Waals surface area contributed by atoms with Gasteiger partial charge in [-0.2, -0.15) is 5.10 Å². The molecule has 1 aromatic carbocycles. The fourth-order valence-electron chi connectivity index (χ4n) is 2.35. The first-order valence-corrected chi connectivity index (χ1v) is 9.90. The van der Waals surface area contributed by atoms with Gasteiger partial charge in [-0.05, 0) is 24.3 Å². The smallest absolute Gasteiger partial charge is 0.228 e. The summed E-state index contributed by atoms with van der Waals surface area (Å²) in [5.74, 6) is 1.42. The molecule has 0 saturated carbocycles. The van der Waals surface area contributed by atoms with E-state index in [4.69, 9.17) is 4.74 Å². The van der Waals surface area contributed by atoms with E-state index in [1.165, 1.54) is 11.3 Å². The normalized spacial score (nSPS) is 10.8. The van der Waals surface area contributed by atoms with Gasteiger partial charge in [0.15, 0.2) is 11.0 Å². The van der Waals surface area contributed by atoms with Crippen LogP contribution in [0.5, 0.6) is 5.75 Å². The number of aromatic amines is 1. The number of hydrogen-bond acceptors (Lipinski definition) is 7. The molecule has 0 spiro atoms. The zero-order chi connectivity index (χ0) is 20.8. The Balaban J connectivity index is 1.50. The zero-order valence-electron chi connectivity index (χ0n) is 16.4. The molecule has 0 aliphatic rings. The highest BCUT2D eigenvalue weighted by Gasteiger charge is 2.13. The third-order valence-corrected chi connectivity index (χ3v) is 4.79. The Hall–Kier alpha value is -3.27. The summed E-state index contributed by atoms with van der Waals surface area (Å²) in [7, 11) is 1.61. The number of amides is 2. The van der Waals surface area contributed by atoms with Crippen molar-refractivity contribution in [3.05, 3.63) is 41.2 Å². The van der Waals surface area contributed by atoms with Crippen molar-refractivity contribution < 1.29 is 14.3 Å². The summed E-state index contributed by atoms with van der Waals surface area (Å²) in [6.07, 6.45) is 0.119. The number of carbonyl (C=O) groups excluding carboxylic acids is 2. The lowest BCUT2D eigenvalue weighted by molar-refractivity contribution is -0.120. The number of aromatic nitrogens is 4. The Morgan fingerprint density at radius 1 is 1.21 bits per heavy atom. The first-order valence-electron chi connectivity index (χ1n) is 9.02. The summed E-state index contributed by atoms with van der Waals surface area (Å²) in [4.78, 5) is 32.5. The van der Waals surface area contributed by atoms with Crippen molar-refractivity contribution in [1.29, 1.82) is 0 Å². The van der Waals surface area contributed by atoms with Crippen molar-refractivity contribution in [1.82, 2.24) is 25.5 Å². The van der Waals surface area contributed by atoms with E-state index < -0.39 is 0 Å². The van der Waals surface area contributed by atoms with Crippen LogP contribution in [0.1, 0.15) is 25.4 Å². The SMILES string of the molecule is COc1ccc(-c2n[nH]c(CNC(=O)Cc3csc(NC(=O)C(C)C)n3)n2)cc1. The van der Waals surface area contributed by atoms with Gasteiger partial charge in [0.05, 0.1) is 25.8 Å². The van der Waals surface area contributed by atoms with Crippen LogP contribution in [0.25, 0.3) is 11.4 Å². The van der Waals surface area contributed by atoms with E-state index in [2.05, 4.69) is 30.8 Å². The number of benzene rings is 1. The van der Waals surface area contributed by atoms with Crippen LogP contribution in [0.15, 0.2) is 29.6 Å². The van der Waals surface area contributed by atoms with Crippen molar-refractivity contribution >= 4 is 28.3 Å². The third-order valence-electron chi connectivity index (χ3n) is 3.98. The molecule has 3 rings (SSSR count). The van der Waals surface area contributed by atoms with Gasteiger partial charge in [-0.25, -0.2) is 9.97 Å². The van der Waals surface area contributed by atoms with Crippen LogP contribution in [-0.2, 0) is 22.6 Å². The second-order valence-corrected chi connectivity index (χ2v) is 7.43. The molecule has 0 saturated heterocycles. The van der Waals surface area contributed by atoms with Crippen LogP contribution in [0, 0.1) is 5.92 Å². The Kier molecular flexibility index (Phi) is 6.55. The minimum absolute atomic E-state index is 0.103. The quantitative estimate of drug-likeness (QED) is 0.520. The lowest BCUT2D eigenvalue weighted by atomic mass is 10.2. The van der Waals surface area contributed by atoms with Crippen molar-refractivity contribution in [2.75, 3.05) is 12.4 Å². The number of ether oxygens (including phenoxy) is 1.